The molecular formula is C16H19N2O-. The van der Waals surface area contributed by atoms with Crippen LogP contribution in [0.5, 0.6) is 0 Å². The van der Waals surface area contributed by atoms with Crippen molar-refractivity contribution in [3.8, 4) is 11.1 Å². The fraction of sp³-hybridized carbons (Fsp3) is 0.250. The molecule has 0 aliphatic carbocycles. The average Bonchev–Trinajstić information content (AvgIpc) is 2.35. The molecule has 0 saturated heterocycles. The molecule has 0 aromatic heterocycles. The van der Waals surface area contributed by atoms with Crippen LogP contribution in [0.15, 0.2) is 24.3 Å². The van der Waals surface area contributed by atoms with Crippen molar-refractivity contribution >= 4 is 11.4 Å². The zero-order valence-electron chi connectivity index (χ0n) is 11.8. The van der Waals surface area contributed by atoms with Crippen molar-refractivity contribution in [2.45, 2.75) is 27.7 Å². The lowest BCUT2D eigenvalue weighted by molar-refractivity contribution is 1.35. The van der Waals surface area contributed by atoms with Crippen LogP contribution in [-0.4, -0.2) is 0 Å². The van der Waals surface area contributed by atoms with E-state index in [2.05, 4.69) is 12.1 Å². The molecule has 0 bridgehead atoms. The van der Waals surface area contributed by atoms with Crippen LogP contribution >= 0.6 is 0 Å². The first-order valence-corrected chi connectivity index (χ1v) is 6.30. The van der Waals surface area contributed by atoms with Crippen LogP contribution in [0.2, 0.25) is 0 Å². The van der Waals surface area contributed by atoms with Gasteiger partial charge in [-0.1, -0.05) is 0 Å². The maximum absolute atomic E-state index is 10.9. The van der Waals surface area contributed by atoms with Gasteiger partial charge in [0.15, 0.2) is 0 Å². The minimum Gasteiger partial charge on any atom is -0.761 e. The average molecular weight is 255 g/mol. The maximum atomic E-state index is 10.9. The van der Waals surface area contributed by atoms with Crippen molar-refractivity contribution in [3.63, 3.8) is 0 Å². The molecule has 0 heterocycles. The molecule has 0 saturated carbocycles. The number of anilines is 2. The van der Waals surface area contributed by atoms with Crippen LogP contribution in [0.3, 0.4) is 0 Å². The largest absolute Gasteiger partial charge is 0.761 e. The molecule has 2 aromatic rings. The van der Waals surface area contributed by atoms with Crippen LogP contribution < -0.4 is 11.2 Å². The summed E-state index contributed by atoms with van der Waals surface area (Å²) in [7, 11) is 0. The van der Waals surface area contributed by atoms with Gasteiger partial charge in [-0.25, -0.2) is 0 Å². The Morgan fingerprint density at radius 1 is 0.789 bits per heavy atom. The predicted octanol–water partition coefficient (Wildman–Crippen LogP) is 4.08. The fourth-order valence-corrected chi connectivity index (χ4v) is 2.43. The van der Waals surface area contributed by atoms with Gasteiger partial charge < -0.3 is 16.4 Å². The van der Waals surface area contributed by atoms with E-state index in [-0.39, 0.29) is 0 Å². The van der Waals surface area contributed by atoms with E-state index < -0.39 is 0 Å². The highest BCUT2D eigenvalue weighted by Gasteiger charge is 2.07. The van der Waals surface area contributed by atoms with E-state index in [0.717, 1.165) is 39.1 Å². The number of rotatable bonds is 2. The first-order chi connectivity index (χ1) is 8.93. The number of nitrogens with one attached hydrogen (secondary N) is 1. The minimum atomic E-state index is 0.660. The molecule has 0 unspecified atom stereocenters. The summed E-state index contributed by atoms with van der Waals surface area (Å²) >= 11 is 0. The summed E-state index contributed by atoms with van der Waals surface area (Å²) in [6.07, 6.45) is 0. The third-order valence-corrected chi connectivity index (χ3v) is 3.56. The molecule has 0 fully saturated rings. The van der Waals surface area contributed by atoms with Crippen LogP contribution in [-0.2, 0) is 0 Å². The van der Waals surface area contributed by atoms with Gasteiger partial charge in [-0.05, 0) is 85.3 Å². The van der Waals surface area contributed by atoms with Gasteiger partial charge in [0.1, 0.15) is 0 Å². The van der Waals surface area contributed by atoms with E-state index in [1.54, 1.807) is 0 Å². The van der Waals surface area contributed by atoms with Crippen molar-refractivity contribution in [1.29, 1.82) is 0 Å². The zero-order chi connectivity index (χ0) is 14.2. The smallest absolute Gasteiger partial charge is 0.0373 e. The second-order valence-electron chi connectivity index (χ2n) is 5.11. The molecule has 0 atom stereocenters. The summed E-state index contributed by atoms with van der Waals surface area (Å²) < 4.78 is 0. The van der Waals surface area contributed by atoms with Crippen LogP contribution in [0, 0.1) is 32.9 Å². The molecule has 3 N–H and O–H groups in total. The molecule has 0 spiro atoms. The second-order valence-corrected chi connectivity index (χ2v) is 5.11. The zero-order valence-corrected chi connectivity index (χ0v) is 11.8. The highest BCUT2D eigenvalue weighted by Crippen LogP contribution is 2.31. The van der Waals surface area contributed by atoms with Gasteiger partial charge >= 0.3 is 0 Å². The molecule has 0 aliphatic heterocycles. The maximum Gasteiger partial charge on any atom is 0.0373 e. The SMILES string of the molecule is Cc1cc(-c2cc(C)c(N[O-])c(C)c2)cc(C)c1N. The van der Waals surface area contributed by atoms with Crippen molar-refractivity contribution in [3.05, 3.63) is 51.7 Å². The second kappa shape index (κ2) is 4.94. The van der Waals surface area contributed by atoms with Gasteiger partial charge in [-0.3, -0.25) is 0 Å². The Morgan fingerprint density at radius 2 is 1.16 bits per heavy atom. The van der Waals surface area contributed by atoms with Crippen molar-refractivity contribution in [2.75, 3.05) is 11.2 Å². The van der Waals surface area contributed by atoms with Crippen molar-refractivity contribution < 1.29 is 0 Å². The van der Waals surface area contributed by atoms with Crippen molar-refractivity contribution in [1.82, 2.24) is 0 Å². The molecule has 0 aliphatic rings. The Kier molecular flexibility index (Phi) is 3.49. The van der Waals surface area contributed by atoms with Crippen LogP contribution in [0.25, 0.3) is 11.1 Å². The fourth-order valence-electron chi connectivity index (χ4n) is 2.43. The Bertz CT molecular complexity index is 587. The molecule has 3 heteroatoms. The van der Waals surface area contributed by atoms with Gasteiger partial charge in [-0.15, -0.1) is 0 Å². The van der Waals surface area contributed by atoms with Gasteiger partial charge in [-0.2, -0.15) is 0 Å². The molecule has 100 valence electrons. The number of hydrogen-bond donors (Lipinski definition) is 2. The number of nitrogens with two attached hydrogens (primary N) is 1. The van der Waals surface area contributed by atoms with Crippen molar-refractivity contribution in [2.24, 2.45) is 0 Å². The van der Waals surface area contributed by atoms with E-state index in [1.165, 1.54) is 0 Å². The summed E-state index contributed by atoms with van der Waals surface area (Å²) in [6, 6.07) is 8.22. The Balaban J connectivity index is 2.60. The Labute approximate surface area is 114 Å². The van der Waals surface area contributed by atoms with Gasteiger partial charge in [0.05, 0.1) is 0 Å². The topological polar surface area (TPSA) is 61.1 Å². The molecular weight excluding hydrogens is 236 g/mol. The highest BCUT2D eigenvalue weighted by atomic mass is 16.5. The van der Waals surface area contributed by atoms with E-state index in [4.69, 9.17) is 5.73 Å². The van der Waals surface area contributed by atoms with Crippen LogP contribution in [0.4, 0.5) is 11.4 Å². The first kappa shape index (κ1) is 13.4. The lowest BCUT2D eigenvalue weighted by Gasteiger charge is -2.18. The third-order valence-electron chi connectivity index (χ3n) is 3.56. The number of benzene rings is 2. The lowest BCUT2D eigenvalue weighted by Crippen LogP contribution is -1.96. The van der Waals surface area contributed by atoms with E-state index in [0.29, 0.717) is 5.69 Å². The van der Waals surface area contributed by atoms with Gasteiger partial charge in [0, 0.05) is 11.4 Å². The summed E-state index contributed by atoms with van der Waals surface area (Å²) in [5.74, 6) is 0. The molecule has 0 amide bonds. The van der Waals surface area contributed by atoms with Gasteiger partial charge in [0.25, 0.3) is 0 Å². The van der Waals surface area contributed by atoms with Gasteiger partial charge in [0.2, 0.25) is 0 Å². The minimum absolute atomic E-state index is 0.660. The molecule has 0 radical (unpaired) electrons. The predicted molar refractivity (Wildman–Crippen MR) is 82.2 cm³/mol. The first-order valence-electron chi connectivity index (χ1n) is 6.30. The standard InChI is InChI=1S/C16H19N2O/c1-9-5-13(6-10(2)15(9)17)14-7-11(3)16(18-19)12(4)8-14/h5-8,18H,17H2,1-4H3/q-1. The number of hydrogen-bond acceptors (Lipinski definition) is 3. The van der Waals surface area contributed by atoms with Crippen LogP contribution in [0.1, 0.15) is 22.3 Å². The molecule has 2 aromatic carbocycles. The molecule has 19 heavy (non-hydrogen) atoms. The summed E-state index contributed by atoms with van der Waals surface area (Å²) in [5, 5.41) is 10.9. The third kappa shape index (κ3) is 2.42. The van der Waals surface area contributed by atoms with E-state index >= 15 is 0 Å². The monoisotopic (exact) mass is 255 g/mol. The normalized spacial score (nSPS) is 10.6. The number of aryl methyl sites for hydroxylation is 4. The Morgan fingerprint density at radius 3 is 1.53 bits per heavy atom. The molecule has 3 nitrogen and oxygen atoms in total. The van der Waals surface area contributed by atoms with E-state index in [9.17, 15) is 5.21 Å². The summed E-state index contributed by atoms with van der Waals surface area (Å²) in [5.41, 5.74) is 15.8. The highest BCUT2D eigenvalue weighted by molar-refractivity contribution is 5.74. The summed E-state index contributed by atoms with van der Waals surface area (Å²) in [6.45, 7) is 7.90. The summed E-state index contributed by atoms with van der Waals surface area (Å²) in [4.78, 5) is 0. The number of nitrogen functional groups attached to an aromatic ring is 1. The Hall–Kier alpha value is -2.00. The lowest BCUT2D eigenvalue weighted by atomic mass is 9.95. The molecule has 2 rings (SSSR count). The quantitative estimate of drug-likeness (QED) is 0.628. The van der Waals surface area contributed by atoms with E-state index in [1.807, 2.05) is 45.3 Å².